The van der Waals surface area contributed by atoms with E-state index in [0.29, 0.717) is 11.5 Å². The molecule has 2 nitrogen and oxygen atoms in total. The van der Waals surface area contributed by atoms with Crippen LogP contribution in [0, 0.1) is 28.9 Å². The molecule has 26 heavy (non-hydrogen) atoms. The predicted octanol–water partition coefficient (Wildman–Crippen LogP) is 6.20. The summed E-state index contributed by atoms with van der Waals surface area (Å²) >= 11 is 0. The van der Waals surface area contributed by atoms with Gasteiger partial charge in [-0.1, -0.05) is 37.6 Å². The molecule has 0 spiro atoms. The van der Waals surface area contributed by atoms with E-state index in [1.54, 1.807) is 6.07 Å². The second kappa shape index (κ2) is 7.86. The highest BCUT2D eigenvalue weighted by molar-refractivity contribution is 5.73. The van der Waals surface area contributed by atoms with Crippen LogP contribution in [0.15, 0.2) is 30.3 Å². The van der Waals surface area contributed by atoms with Gasteiger partial charge in [0, 0.05) is 6.07 Å². The lowest BCUT2D eigenvalue weighted by Crippen LogP contribution is -2.12. The third-order valence-corrected chi connectivity index (χ3v) is 5.61. The van der Waals surface area contributed by atoms with Crippen LogP contribution < -0.4 is 4.74 Å². The zero-order valence-electron chi connectivity index (χ0n) is 15.2. The van der Waals surface area contributed by atoms with Crippen LogP contribution in [0.4, 0.5) is 8.78 Å². The normalized spacial score (nSPS) is 19.8. The lowest BCUT2D eigenvalue weighted by molar-refractivity contribution is 0.319. The molecule has 0 N–H and O–H groups in total. The monoisotopic (exact) mass is 355 g/mol. The van der Waals surface area contributed by atoms with E-state index in [1.807, 2.05) is 24.3 Å². The zero-order valence-corrected chi connectivity index (χ0v) is 15.2. The van der Waals surface area contributed by atoms with E-state index in [2.05, 4.69) is 6.92 Å². The number of rotatable bonds is 4. The third kappa shape index (κ3) is 3.44. The summed E-state index contributed by atoms with van der Waals surface area (Å²) in [6.07, 6.45) is 6.13. The van der Waals surface area contributed by atoms with Crippen LogP contribution in [0.3, 0.4) is 0 Å². The van der Waals surface area contributed by atoms with E-state index < -0.39 is 17.2 Å². The smallest absolute Gasteiger partial charge is 0.155 e. The Bertz CT molecular complexity index is 816. The average Bonchev–Trinajstić information content (AvgIpc) is 2.68. The average molecular weight is 355 g/mol. The Hall–Kier alpha value is -2.41. The summed E-state index contributed by atoms with van der Waals surface area (Å²) in [7, 11) is 1.37. The second-order valence-corrected chi connectivity index (χ2v) is 6.98. The van der Waals surface area contributed by atoms with Crippen molar-refractivity contribution in [2.75, 3.05) is 7.11 Å². The highest BCUT2D eigenvalue weighted by Crippen LogP contribution is 2.39. The minimum atomic E-state index is -0.907. The van der Waals surface area contributed by atoms with E-state index in [9.17, 15) is 8.78 Å². The van der Waals surface area contributed by atoms with E-state index in [0.717, 1.165) is 12.0 Å². The van der Waals surface area contributed by atoms with Gasteiger partial charge in [0.2, 0.25) is 0 Å². The third-order valence-electron chi connectivity index (χ3n) is 5.61. The fourth-order valence-electron chi connectivity index (χ4n) is 3.96. The maximum Gasteiger partial charge on any atom is 0.155 e. The molecule has 0 amide bonds. The number of methoxy groups -OCH3 is 1. The van der Waals surface area contributed by atoms with Crippen molar-refractivity contribution in [2.24, 2.45) is 5.92 Å². The predicted molar refractivity (Wildman–Crippen MR) is 98.1 cm³/mol. The number of nitrogens with zero attached hydrogens (tertiary/aromatic N) is 1. The molecule has 1 aliphatic rings. The number of ether oxygens (including phenoxy) is 1. The molecule has 0 bridgehead atoms. The quantitative estimate of drug-likeness (QED) is 0.654. The van der Waals surface area contributed by atoms with Gasteiger partial charge in [0.1, 0.15) is 23.2 Å². The molecular formula is C22H23F2NO. The van der Waals surface area contributed by atoms with Crippen molar-refractivity contribution >= 4 is 0 Å². The molecule has 3 rings (SSSR count). The van der Waals surface area contributed by atoms with Crippen molar-refractivity contribution in [1.29, 1.82) is 5.26 Å². The summed E-state index contributed by atoms with van der Waals surface area (Å²) < 4.78 is 33.6. The summed E-state index contributed by atoms with van der Waals surface area (Å²) in [6, 6.07) is 10.4. The van der Waals surface area contributed by atoms with E-state index in [4.69, 9.17) is 10.00 Å². The molecule has 136 valence electrons. The zero-order chi connectivity index (χ0) is 18.7. The number of hydrogen-bond acceptors (Lipinski definition) is 2. The number of nitriles is 1. The first-order valence-electron chi connectivity index (χ1n) is 9.15. The van der Waals surface area contributed by atoms with Gasteiger partial charge in [0.25, 0.3) is 0 Å². The Labute approximate surface area is 153 Å². The van der Waals surface area contributed by atoms with Crippen molar-refractivity contribution in [3.63, 3.8) is 0 Å². The summed E-state index contributed by atoms with van der Waals surface area (Å²) in [5.74, 6) is -0.306. The van der Waals surface area contributed by atoms with Gasteiger partial charge in [-0.05, 0) is 48.6 Å². The molecule has 4 heteroatoms. The first-order valence-corrected chi connectivity index (χ1v) is 9.15. The Morgan fingerprint density at radius 3 is 2.31 bits per heavy atom. The Morgan fingerprint density at radius 1 is 1.12 bits per heavy atom. The summed E-state index contributed by atoms with van der Waals surface area (Å²) in [6.45, 7) is 2.25. The standard InChI is InChI=1S/C22H23F2NO/c1-3-14-4-6-15(7-5-14)16-8-10-17(11-9-16)21-20(26-2)12-19(23)18(13-25)22(21)24/h8-12,14-15H,3-7H2,1-2H3. The molecule has 1 fully saturated rings. The van der Waals surface area contributed by atoms with Gasteiger partial charge in [-0.25, -0.2) is 8.78 Å². The fourth-order valence-corrected chi connectivity index (χ4v) is 3.96. The lowest BCUT2D eigenvalue weighted by Gasteiger charge is -2.28. The van der Waals surface area contributed by atoms with E-state index in [-0.39, 0.29) is 11.3 Å². The van der Waals surface area contributed by atoms with Gasteiger partial charge in [0.15, 0.2) is 5.82 Å². The molecule has 0 atom stereocenters. The van der Waals surface area contributed by atoms with Crippen molar-refractivity contribution in [3.8, 4) is 22.9 Å². The number of benzene rings is 2. The Morgan fingerprint density at radius 2 is 1.77 bits per heavy atom. The van der Waals surface area contributed by atoms with Crippen LogP contribution in [0.1, 0.15) is 56.1 Å². The minimum absolute atomic E-state index is 0.0928. The summed E-state index contributed by atoms with van der Waals surface area (Å²) in [4.78, 5) is 0. The molecule has 0 aromatic heterocycles. The summed E-state index contributed by atoms with van der Waals surface area (Å²) in [5, 5.41) is 9.02. The molecule has 0 aliphatic heterocycles. The van der Waals surface area contributed by atoms with Crippen molar-refractivity contribution < 1.29 is 13.5 Å². The van der Waals surface area contributed by atoms with Crippen LogP contribution in [0.2, 0.25) is 0 Å². The molecule has 1 aliphatic carbocycles. The van der Waals surface area contributed by atoms with Gasteiger partial charge in [0.05, 0.1) is 12.7 Å². The van der Waals surface area contributed by atoms with Crippen molar-refractivity contribution in [2.45, 2.75) is 44.9 Å². The molecule has 1 saturated carbocycles. The molecule has 0 unspecified atom stereocenters. The van der Waals surface area contributed by atoms with Crippen LogP contribution in [-0.2, 0) is 0 Å². The first kappa shape index (κ1) is 18.4. The molecule has 0 saturated heterocycles. The molecular weight excluding hydrogens is 332 g/mol. The van der Waals surface area contributed by atoms with Crippen LogP contribution in [0.25, 0.3) is 11.1 Å². The van der Waals surface area contributed by atoms with Crippen LogP contribution in [0.5, 0.6) is 5.75 Å². The largest absolute Gasteiger partial charge is 0.496 e. The first-order chi connectivity index (χ1) is 12.6. The van der Waals surface area contributed by atoms with Gasteiger partial charge in [-0.2, -0.15) is 5.26 Å². The van der Waals surface area contributed by atoms with E-state index in [1.165, 1.54) is 44.8 Å². The Kier molecular flexibility index (Phi) is 5.56. The molecule has 0 heterocycles. The van der Waals surface area contributed by atoms with Gasteiger partial charge < -0.3 is 4.74 Å². The summed E-state index contributed by atoms with van der Waals surface area (Å²) in [5.41, 5.74) is 1.39. The topological polar surface area (TPSA) is 33.0 Å². The highest BCUT2D eigenvalue weighted by atomic mass is 19.1. The van der Waals surface area contributed by atoms with Gasteiger partial charge in [-0.3, -0.25) is 0 Å². The maximum atomic E-state index is 14.7. The highest BCUT2D eigenvalue weighted by Gasteiger charge is 2.23. The van der Waals surface area contributed by atoms with Gasteiger partial charge in [-0.15, -0.1) is 0 Å². The lowest BCUT2D eigenvalue weighted by atomic mass is 9.77. The second-order valence-electron chi connectivity index (χ2n) is 6.98. The van der Waals surface area contributed by atoms with Crippen LogP contribution >= 0.6 is 0 Å². The van der Waals surface area contributed by atoms with Gasteiger partial charge >= 0.3 is 0 Å². The van der Waals surface area contributed by atoms with Crippen molar-refractivity contribution in [3.05, 3.63) is 53.1 Å². The number of hydrogen-bond donors (Lipinski definition) is 0. The molecule has 2 aromatic carbocycles. The maximum absolute atomic E-state index is 14.7. The number of halogens is 2. The molecule has 0 radical (unpaired) electrons. The minimum Gasteiger partial charge on any atom is -0.496 e. The van der Waals surface area contributed by atoms with Crippen molar-refractivity contribution in [1.82, 2.24) is 0 Å². The molecule has 2 aromatic rings. The Balaban J connectivity index is 1.91. The van der Waals surface area contributed by atoms with Crippen LogP contribution in [-0.4, -0.2) is 7.11 Å². The fraction of sp³-hybridized carbons (Fsp3) is 0.409. The van der Waals surface area contributed by atoms with E-state index >= 15 is 0 Å². The SMILES string of the molecule is CCC1CCC(c2ccc(-c3c(OC)cc(F)c(C#N)c3F)cc2)CC1.